The Labute approximate surface area is 136 Å². The molecular weight excluding hydrogens is 288 g/mol. The third-order valence-corrected chi connectivity index (χ3v) is 3.51. The average Bonchev–Trinajstić information content (AvgIpc) is 2.55. The summed E-state index contributed by atoms with van der Waals surface area (Å²) in [6.07, 6.45) is 1.35. The molecule has 0 heterocycles. The summed E-state index contributed by atoms with van der Waals surface area (Å²) in [4.78, 5) is 23.2. The van der Waals surface area contributed by atoms with E-state index in [9.17, 15) is 9.59 Å². The maximum absolute atomic E-state index is 11.9. The van der Waals surface area contributed by atoms with Crippen molar-refractivity contribution in [1.82, 2.24) is 5.32 Å². The highest BCUT2D eigenvalue weighted by Crippen LogP contribution is 2.11. The summed E-state index contributed by atoms with van der Waals surface area (Å²) in [5.41, 5.74) is 2.54. The van der Waals surface area contributed by atoms with Gasteiger partial charge in [-0.05, 0) is 37.6 Å². The van der Waals surface area contributed by atoms with Crippen molar-refractivity contribution in [2.45, 2.75) is 19.8 Å². The molecule has 0 fully saturated rings. The van der Waals surface area contributed by atoms with Gasteiger partial charge in [-0.15, -0.1) is 0 Å². The van der Waals surface area contributed by atoms with Gasteiger partial charge in [0.1, 0.15) is 0 Å². The fraction of sp³-hybridized carbons (Fsp3) is 0.263. The fourth-order valence-corrected chi connectivity index (χ4v) is 2.24. The summed E-state index contributed by atoms with van der Waals surface area (Å²) in [5, 5.41) is 6.08. The first-order valence-corrected chi connectivity index (χ1v) is 7.80. The van der Waals surface area contributed by atoms with E-state index in [0.717, 1.165) is 13.0 Å². The van der Waals surface area contributed by atoms with Gasteiger partial charge in [0.05, 0.1) is 0 Å². The van der Waals surface area contributed by atoms with Crippen LogP contribution in [0.3, 0.4) is 0 Å². The van der Waals surface area contributed by atoms with Crippen molar-refractivity contribution >= 4 is 17.4 Å². The number of hydrogen-bond acceptors (Lipinski definition) is 3. The molecule has 4 heteroatoms. The van der Waals surface area contributed by atoms with Crippen molar-refractivity contribution < 1.29 is 9.59 Å². The van der Waals surface area contributed by atoms with Crippen LogP contribution in [0.1, 0.15) is 29.3 Å². The lowest BCUT2D eigenvalue weighted by atomic mass is 10.1. The molecule has 0 unspecified atom stereocenters. The number of benzene rings is 2. The lowest BCUT2D eigenvalue weighted by Crippen LogP contribution is -2.23. The van der Waals surface area contributed by atoms with Crippen LogP contribution >= 0.6 is 0 Å². The Morgan fingerprint density at radius 3 is 2.48 bits per heavy atom. The summed E-state index contributed by atoms with van der Waals surface area (Å²) in [7, 11) is 0. The van der Waals surface area contributed by atoms with Gasteiger partial charge in [-0.3, -0.25) is 9.59 Å². The van der Waals surface area contributed by atoms with Gasteiger partial charge in [0.15, 0.2) is 5.78 Å². The maximum Gasteiger partial charge on any atom is 0.225 e. The van der Waals surface area contributed by atoms with Gasteiger partial charge in [0, 0.05) is 24.2 Å². The van der Waals surface area contributed by atoms with Crippen molar-refractivity contribution in [2.24, 2.45) is 0 Å². The van der Waals surface area contributed by atoms with E-state index in [4.69, 9.17) is 0 Å². The molecule has 1 amide bonds. The first-order valence-electron chi connectivity index (χ1n) is 7.80. The molecular formula is C19H22N2O2. The standard InChI is InChI=1S/C19H22N2O2/c1-15(22)17-8-5-9-18(14-17)21-19(23)11-13-20-12-10-16-6-3-2-4-7-16/h2-9,14,20H,10-13H2,1H3,(H,21,23). The molecule has 4 nitrogen and oxygen atoms in total. The molecule has 2 rings (SSSR count). The van der Waals surface area contributed by atoms with Crippen molar-refractivity contribution in [3.05, 3.63) is 65.7 Å². The molecule has 0 saturated carbocycles. The Balaban J connectivity index is 1.67. The number of carbonyl (C=O) groups excluding carboxylic acids is 2. The zero-order chi connectivity index (χ0) is 16.5. The third-order valence-electron chi connectivity index (χ3n) is 3.51. The van der Waals surface area contributed by atoms with Crippen LogP contribution in [-0.2, 0) is 11.2 Å². The molecule has 0 spiro atoms. The van der Waals surface area contributed by atoms with Crippen LogP contribution in [0.4, 0.5) is 5.69 Å². The molecule has 2 aromatic rings. The number of hydrogen-bond donors (Lipinski definition) is 2. The molecule has 0 bridgehead atoms. The van der Waals surface area contributed by atoms with Crippen LogP contribution < -0.4 is 10.6 Å². The number of anilines is 1. The van der Waals surface area contributed by atoms with Gasteiger partial charge in [0.2, 0.25) is 5.91 Å². The molecule has 0 aliphatic heterocycles. The van der Waals surface area contributed by atoms with Gasteiger partial charge in [-0.1, -0.05) is 42.5 Å². The molecule has 0 saturated heterocycles. The van der Waals surface area contributed by atoms with Crippen LogP contribution in [0, 0.1) is 0 Å². The van der Waals surface area contributed by atoms with E-state index in [1.807, 2.05) is 18.2 Å². The number of rotatable bonds is 8. The first-order chi connectivity index (χ1) is 11.1. The molecule has 0 aromatic heterocycles. The summed E-state index contributed by atoms with van der Waals surface area (Å²) in [5.74, 6) is -0.0680. The van der Waals surface area contributed by atoms with E-state index in [0.29, 0.717) is 24.2 Å². The molecule has 0 atom stereocenters. The van der Waals surface area contributed by atoms with Crippen LogP contribution in [0.5, 0.6) is 0 Å². The summed E-state index contributed by atoms with van der Waals surface area (Å²) >= 11 is 0. The van der Waals surface area contributed by atoms with Crippen LogP contribution in [0.25, 0.3) is 0 Å². The largest absolute Gasteiger partial charge is 0.326 e. The third kappa shape index (κ3) is 6.04. The van der Waals surface area contributed by atoms with Crippen LogP contribution in [-0.4, -0.2) is 24.8 Å². The minimum absolute atomic E-state index is 0.0105. The van der Waals surface area contributed by atoms with Gasteiger partial charge >= 0.3 is 0 Å². The Morgan fingerprint density at radius 1 is 0.957 bits per heavy atom. The Morgan fingerprint density at radius 2 is 1.74 bits per heavy atom. The van der Waals surface area contributed by atoms with E-state index in [-0.39, 0.29) is 11.7 Å². The topological polar surface area (TPSA) is 58.2 Å². The normalized spacial score (nSPS) is 10.3. The smallest absolute Gasteiger partial charge is 0.225 e. The number of carbonyl (C=O) groups is 2. The Hall–Kier alpha value is -2.46. The lowest BCUT2D eigenvalue weighted by molar-refractivity contribution is -0.116. The number of nitrogens with one attached hydrogen (secondary N) is 2. The summed E-state index contributed by atoms with van der Waals surface area (Å²) < 4.78 is 0. The van der Waals surface area contributed by atoms with E-state index < -0.39 is 0 Å². The SMILES string of the molecule is CC(=O)c1cccc(NC(=O)CCNCCc2ccccc2)c1. The number of Topliss-reactive ketones (excluding diaryl/α,β-unsaturated/α-hetero) is 1. The van der Waals surface area contributed by atoms with Crippen LogP contribution in [0.2, 0.25) is 0 Å². The Bertz CT molecular complexity index is 653. The molecule has 0 radical (unpaired) electrons. The van der Waals surface area contributed by atoms with E-state index >= 15 is 0 Å². The molecule has 2 aromatic carbocycles. The van der Waals surface area contributed by atoms with Crippen molar-refractivity contribution in [3.8, 4) is 0 Å². The summed E-state index contributed by atoms with van der Waals surface area (Å²) in [6.45, 7) is 2.99. The minimum atomic E-state index is -0.0575. The quantitative estimate of drug-likeness (QED) is 0.582. The molecule has 120 valence electrons. The highest BCUT2D eigenvalue weighted by atomic mass is 16.1. The zero-order valence-corrected chi connectivity index (χ0v) is 13.3. The Kier molecular flexibility index (Phi) is 6.51. The van der Waals surface area contributed by atoms with E-state index in [2.05, 4.69) is 22.8 Å². The van der Waals surface area contributed by atoms with Gasteiger partial charge in [0.25, 0.3) is 0 Å². The average molecular weight is 310 g/mol. The van der Waals surface area contributed by atoms with Crippen LogP contribution in [0.15, 0.2) is 54.6 Å². The second kappa shape index (κ2) is 8.86. The van der Waals surface area contributed by atoms with E-state index in [1.165, 1.54) is 12.5 Å². The van der Waals surface area contributed by atoms with Gasteiger partial charge in [-0.2, -0.15) is 0 Å². The number of amides is 1. The van der Waals surface area contributed by atoms with Crippen molar-refractivity contribution in [2.75, 3.05) is 18.4 Å². The highest BCUT2D eigenvalue weighted by molar-refractivity contribution is 5.97. The van der Waals surface area contributed by atoms with Crippen molar-refractivity contribution in [3.63, 3.8) is 0 Å². The lowest BCUT2D eigenvalue weighted by Gasteiger charge is -2.07. The second-order valence-electron chi connectivity index (χ2n) is 5.42. The van der Waals surface area contributed by atoms with E-state index in [1.54, 1.807) is 24.3 Å². The zero-order valence-electron chi connectivity index (χ0n) is 13.3. The molecule has 2 N–H and O–H groups in total. The predicted octanol–water partition coefficient (Wildman–Crippen LogP) is 3.05. The first kappa shape index (κ1) is 16.9. The predicted molar refractivity (Wildman–Crippen MR) is 92.7 cm³/mol. The van der Waals surface area contributed by atoms with Crippen molar-refractivity contribution in [1.29, 1.82) is 0 Å². The fourth-order valence-electron chi connectivity index (χ4n) is 2.24. The molecule has 0 aliphatic carbocycles. The number of ketones is 1. The second-order valence-corrected chi connectivity index (χ2v) is 5.42. The molecule has 23 heavy (non-hydrogen) atoms. The highest BCUT2D eigenvalue weighted by Gasteiger charge is 2.04. The molecule has 0 aliphatic rings. The minimum Gasteiger partial charge on any atom is -0.326 e. The maximum atomic E-state index is 11.9. The van der Waals surface area contributed by atoms with Gasteiger partial charge < -0.3 is 10.6 Å². The monoisotopic (exact) mass is 310 g/mol. The van der Waals surface area contributed by atoms with Gasteiger partial charge in [-0.25, -0.2) is 0 Å². The summed E-state index contributed by atoms with van der Waals surface area (Å²) in [6, 6.07) is 17.2.